The zero-order valence-corrected chi connectivity index (χ0v) is 8.57. The predicted octanol–water partition coefficient (Wildman–Crippen LogP) is 3.11. The van der Waals surface area contributed by atoms with Gasteiger partial charge in [0.15, 0.2) is 17.4 Å². The van der Waals surface area contributed by atoms with Crippen molar-refractivity contribution in [3.8, 4) is 5.75 Å². The first-order chi connectivity index (χ1) is 7.79. The van der Waals surface area contributed by atoms with E-state index in [1.807, 2.05) is 0 Å². The molecule has 0 heterocycles. The van der Waals surface area contributed by atoms with Gasteiger partial charge in [-0.05, 0) is 19.1 Å². The molecule has 7 heteroatoms. The summed E-state index contributed by atoms with van der Waals surface area (Å²) < 4.78 is 67.2. The first-order valence-electron chi connectivity index (χ1n) is 4.51. The molecule has 0 aliphatic heterocycles. The van der Waals surface area contributed by atoms with E-state index in [0.717, 1.165) is 0 Å². The summed E-state index contributed by atoms with van der Waals surface area (Å²) in [6.07, 6.45) is -5.22. The van der Waals surface area contributed by atoms with Gasteiger partial charge >= 0.3 is 6.18 Å². The fourth-order valence-electron chi connectivity index (χ4n) is 1.14. The van der Waals surface area contributed by atoms with Crippen molar-refractivity contribution >= 4 is 5.78 Å². The summed E-state index contributed by atoms with van der Waals surface area (Å²) in [7, 11) is 0. The average molecular weight is 254 g/mol. The maximum Gasteiger partial charge on any atom is 0.454 e. The highest BCUT2D eigenvalue weighted by atomic mass is 19.4. The van der Waals surface area contributed by atoms with Crippen molar-refractivity contribution in [2.24, 2.45) is 0 Å². The number of halogens is 5. The molecule has 0 saturated heterocycles. The van der Waals surface area contributed by atoms with E-state index in [9.17, 15) is 26.7 Å². The van der Waals surface area contributed by atoms with Crippen LogP contribution in [0, 0.1) is 11.6 Å². The lowest BCUT2D eigenvalue weighted by atomic mass is 10.1. The Bertz CT molecular complexity index is 439. The molecule has 0 amide bonds. The largest absolute Gasteiger partial charge is 0.488 e. The van der Waals surface area contributed by atoms with Crippen LogP contribution in [0.5, 0.6) is 5.75 Å². The van der Waals surface area contributed by atoms with E-state index in [4.69, 9.17) is 0 Å². The van der Waals surface area contributed by atoms with Crippen molar-refractivity contribution < 1.29 is 31.5 Å². The Labute approximate surface area is 93.0 Å². The van der Waals surface area contributed by atoms with Gasteiger partial charge < -0.3 is 4.74 Å². The van der Waals surface area contributed by atoms with Crippen LogP contribution in [0.25, 0.3) is 0 Å². The molecule has 94 valence electrons. The highest BCUT2D eigenvalue weighted by Crippen LogP contribution is 2.29. The molecule has 1 aromatic rings. The SMILES string of the molecule is CCOc1c(F)ccc(C(=O)C(F)(F)F)c1F. The maximum atomic E-state index is 13.4. The Kier molecular flexibility index (Phi) is 3.69. The zero-order chi connectivity index (χ0) is 13.2. The first kappa shape index (κ1) is 13.4. The van der Waals surface area contributed by atoms with Gasteiger partial charge in [-0.1, -0.05) is 0 Å². The minimum Gasteiger partial charge on any atom is -0.488 e. The fourth-order valence-corrected chi connectivity index (χ4v) is 1.14. The maximum absolute atomic E-state index is 13.4. The molecule has 0 atom stereocenters. The highest BCUT2D eigenvalue weighted by molar-refractivity contribution is 6.00. The van der Waals surface area contributed by atoms with Gasteiger partial charge in [0, 0.05) is 0 Å². The van der Waals surface area contributed by atoms with Gasteiger partial charge in [-0.25, -0.2) is 8.78 Å². The van der Waals surface area contributed by atoms with Crippen LogP contribution < -0.4 is 4.74 Å². The van der Waals surface area contributed by atoms with Crippen LogP contribution in [0.2, 0.25) is 0 Å². The Hall–Kier alpha value is -1.66. The second-order valence-electron chi connectivity index (χ2n) is 3.00. The van der Waals surface area contributed by atoms with Crippen LogP contribution in [0.1, 0.15) is 17.3 Å². The molecule has 0 aromatic heterocycles. The van der Waals surface area contributed by atoms with Crippen LogP contribution >= 0.6 is 0 Å². The molecule has 0 saturated carbocycles. The van der Waals surface area contributed by atoms with Crippen molar-refractivity contribution in [1.82, 2.24) is 0 Å². The number of ketones is 1. The van der Waals surface area contributed by atoms with Gasteiger partial charge in [0.2, 0.25) is 0 Å². The predicted molar refractivity (Wildman–Crippen MR) is 47.9 cm³/mol. The highest BCUT2D eigenvalue weighted by Gasteiger charge is 2.41. The van der Waals surface area contributed by atoms with Gasteiger partial charge in [-0.15, -0.1) is 0 Å². The average Bonchev–Trinajstić information content (AvgIpc) is 2.22. The van der Waals surface area contributed by atoms with Crippen LogP contribution in [0.15, 0.2) is 12.1 Å². The monoisotopic (exact) mass is 254 g/mol. The first-order valence-corrected chi connectivity index (χ1v) is 4.51. The lowest BCUT2D eigenvalue weighted by molar-refractivity contribution is -0.0887. The van der Waals surface area contributed by atoms with E-state index in [1.54, 1.807) is 0 Å². The molecule has 0 aliphatic rings. The van der Waals surface area contributed by atoms with Gasteiger partial charge in [0.1, 0.15) is 0 Å². The number of carbonyl (C=O) groups is 1. The smallest absolute Gasteiger partial charge is 0.454 e. The summed E-state index contributed by atoms with van der Waals surface area (Å²) >= 11 is 0. The summed E-state index contributed by atoms with van der Waals surface area (Å²) in [5.74, 6) is -6.17. The van der Waals surface area contributed by atoms with Crippen molar-refractivity contribution in [2.45, 2.75) is 13.1 Å². The van der Waals surface area contributed by atoms with Crippen LogP contribution in [0.4, 0.5) is 22.0 Å². The number of Topliss-reactive ketones (excluding diaryl/α,β-unsaturated/α-hetero) is 1. The number of benzene rings is 1. The number of hydrogen-bond acceptors (Lipinski definition) is 2. The van der Waals surface area contributed by atoms with E-state index >= 15 is 0 Å². The third kappa shape index (κ3) is 2.72. The van der Waals surface area contributed by atoms with Gasteiger partial charge in [0.05, 0.1) is 12.2 Å². The molecular formula is C10H7F5O2. The Balaban J connectivity index is 3.28. The van der Waals surface area contributed by atoms with E-state index in [0.29, 0.717) is 12.1 Å². The van der Waals surface area contributed by atoms with Crippen molar-refractivity contribution in [1.29, 1.82) is 0 Å². The minimum absolute atomic E-state index is 0.141. The summed E-state index contributed by atoms with van der Waals surface area (Å²) in [5, 5.41) is 0. The molecule has 17 heavy (non-hydrogen) atoms. The number of ether oxygens (including phenoxy) is 1. The van der Waals surface area contributed by atoms with Crippen molar-refractivity contribution in [2.75, 3.05) is 6.61 Å². The van der Waals surface area contributed by atoms with Gasteiger partial charge in [-0.2, -0.15) is 13.2 Å². The Morgan fingerprint density at radius 2 is 1.88 bits per heavy atom. The molecule has 0 fully saturated rings. The molecular weight excluding hydrogens is 247 g/mol. The van der Waals surface area contributed by atoms with E-state index in [2.05, 4.69) is 4.74 Å². The summed E-state index contributed by atoms with van der Waals surface area (Å²) in [5.41, 5.74) is -1.26. The van der Waals surface area contributed by atoms with E-state index < -0.39 is 34.9 Å². The topological polar surface area (TPSA) is 26.3 Å². The summed E-state index contributed by atoms with van der Waals surface area (Å²) in [6, 6.07) is 0.982. The van der Waals surface area contributed by atoms with E-state index in [-0.39, 0.29) is 6.61 Å². The molecule has 1 aromatic carbocycles. The number of carbonyl (C=O) groups excluding carboxylic acids is 1. The fraction of sp³-hybridized carbons (Fsp3) is 0.300. The second-order valence-corrected chi connectivity index (χ2v) is 3.00. The lowest BCUT2D eigenvalue weighted by Gasteiger charge is -2.10. The third-order valence-corrected chi connectivity index (χ3v) is 1.84. The number of rotatable bonds is 3. The molecule has 0 aliphatic carbocycles. The molecule has 1 rings (SSSR count). The summed E-state index contributed by atoms with van der Waals surface area (Å²) in [6.45, 7) is 1.26. The van der Waals surface area contributed by atoms with E-state index in [1.165, 1.54) is 6.92 Å². The number of alkyl halides is 3. The van der Waals surface area contributed by atoms with Gasteiger partial charge in [0.25, 0.3) is 5.78 Å². The standard InChI is InChI=1S/C10H7F5O2/c1-2-17-8-6(11)4-3-5(7(8)12)9(16)10(13,14)15/h3-4H,2H2,1H3. The normalized spacial score (nSPS) is 11.4. The minimum atomic E-state index is -5.22. The van der Waals surface area contributed by atoms with Crippen LogP contribution in [-0.2, 0) is 0 Å². The lowest BCUT2D eigenvalue weighted by Crippen LogP contribution is -2.24. The van der Waals surface area contributed by atoms with Crippen molar-refractivity contribution in [3.63, 3.8) is 0 Å². The molecule has 0 spiro atoms. The Morgan fingerprint density at radius 1 is 1.29 bits per heavy atom. The van der Waals surface area contributed by atoms with Crippen LogP contribution in [-0.4, -0.2) is 18.6 Å². The summed E-state index contributed by atoms with van der Waals surface area (Å²) in [4.78, 5) is 10.8. The molecule has 2 nitrogen and oxygen atoms in total. The third-order valence-electron chi connectivity index (χ3n) is 1.84. The Morgan fingerprint density at radius 3 is 2.35 bits per heavy atom. The zero-order valence-electron chi connectivity index (χ0n) is 8.57. The molecule has 0 unspecified atom stereocenters. The van der Waals surface area contributed by atoms with Crippen molar-refractivity contribution in [3.05, 3.63) is 29.3 Å². The number of hydrogen-bond donors (Lipinski definition) is 0. The van der Waals surface area contributed by atoms with Crippen LogP contribution in [0.3, 0.4) is 0 Å². The molecule has 0 bridgehead atoms. The quantitative estimate of drug-likeness (QED) is 0.612. The van der Waals surface area contributed by atoms with Gasteiger partial charge in [-0.3, -0.25) is 4.79 Å². The molecule has 0 N–H and O–H groups in total. The second kappa shape index (κ2) is 4.68. The molecule has 0 radical (unpaired) electrons.